The van der Waals surface area contributed by atoms with E-state index in [1.807, 2.05) is 24.3 Å². The van der Waals surface area contributed by atoms with Crippen LogP contribution >= 0.6 is 0 Å². The summed E-state index contributed by atoms with van der Waals surface area (Å²) in [4.78, 5) is 12.6. The lowest BCUT2D eigenvalue weighted by Crippen LogP contribution is -2.41. The van der Waals surface area contributed by atoms with Gasteiger partial charge in [-0.1, -0.05) is 18.2 Å². The van der Waals surface area contributed by atoms with Crippen LogP contribution in [-0.4, -0.2) is 46.9 Å². The second-order valence-corrected chi connectivity index (χ2v) is 8.40. The van der Waals surface area contributed by atoms with Gasteiger partial charge in [0.2, 0.25) is 10.0 Å². The Bertz CT molecular complexity index is 958. The van der Waals surface area contributed by atoms with Gasteiger partial charge in [-0.05, 0) is 36.8 Å². The fourth-order valence-electron chi connectivity index (χ4n) is 2.85. The third kappa shape index (κ3) is 4.16. The summed E-state index contributed by atoms with van der Waals surface area (Å²) in [6.45, 7) is 2.34. The highest BCUT2D eigenvalue weighted by molar-refractivity contribution is 7.92. The van der Waals surface area contributed by atoms with E-state index in [1.165, 1.54) is 7.05 Å². The van der Waals surface area contributed by atoms with Gasteiger partial charge in [-0.15, -0.1) is 0 Å². The van der Waals surface area contributed by atoms with Crippen molar-refractivity contribution in [2.75, 3.05) is 30.8 Å². The molecule has 7 nitrogen and oxygen atoms in total. The SMILES string of the molecule is Cc1c(C(=O)NC[C@@H]2COc3ccccc3O2)cccc1N(C)S(C)(=O)=O. The minimum atomic E-state index is -3.41. The number of benzene rings is 2. The van der Waals surface area contributed by atoms with E-state index in [9.17, 15) is 13.2 Å². The largest absolute Gasteiger partial charge is 0.486 e. The lowest BCUT2D eigenvalue weighted by molar-refractivity contribution is 0.0789. The van der Waals surface area contributed by atoms with Crippen LogP contribution in [0.4, 0.5) is 5.69 Å². The van der Waals surface area contributed by atoms with E-state index < -0.39 is 10.0 Å². The molecule has 0 aliphatic carbocycles. The summed E-state index contributed by atoms with van der Waals surface area (Å²) in [6, 6.07) is 12.4. The Morgan fingerprint density at radius 2 is 1.89 bits per heavy atom. The molecule has 27 heavy (non-hydrogen) atoms. The Labute approximate surface area is 158 Å². The van der Waals surface area contributed by atoms with Crippen LogP contribution in [0.2, 0.25) is 0 Å². The number of rotatable bonds is 5. The Hall–Kier alpha value is -2.74. The number of ether oxygens (including phenoxy) is 2. The second kappa shape index (κ2) is 7.48. The number of carbonyl (C=O) groups excluding carboxylic acids is 1. The topological polar surface area (TPSA) is 84.9 Å². The molecular formula is C19H22N2O5S. The third-order valence-electron chi connectivity index (χ3n) is 4.44. The zero-order chi connectivity index (χ0) is 19.6. The maximum Gasteiger partial charge on any atom is 0.251 e. The average molecular weight is 390 g/mol. The van der Waals surface area contributed by atoms with Crippen LogP contribution in [0.5, 0.6) is 11.5 Å². The maximum absolute atomic E-state index is 12.6. The predicted octanol–water partition coefficient (Wildman–Crippen LogP) is 1.96. The third-order valence-corrected chi connectivity index (χ3v) is 5.64. The minimum absolute atomic E-state index is 0.277. The number of fused-ring (bicyclic) bond motifs is 1. The van der Waals surface area contributed by atoms with E-state index >= 15 is 0 Å². The molecule has 1 aliphatic rings. The number of sulfonamides is 1. The fourth-order valence-corrected chi connectivity index (χ4v) is 3.41. The first-order valence-electron chi connectivity index (χ1n) is 8.47. The van der Waals surface area contributed by atoms with Crippen molar-refractivity contribution >= 4 is 21.6 Å². The lowest BCUT2D eigenvalue weighted by atomic mass is 10.1. The van der Waals surface area contributed by atoms with Crippen molar-refractivity contribution in [1.29, 1.82) is 0 Å². The molecule has 2 aromatic rings. The van der Waals surface area contributed by atoms with Crippen LogP contribution in [0.15, 0.2) is 42.5 Å². The Balaban J connectivity index is 1.69. The van der Waals surface area contributed by atoms with Gasteiger partial charge in [-0.3, -0.25) is 9.10 Å². The molecule has 144 valence electrons. The molecule has 0 aromatic heterocycles. The predicted molar refractivity (Wildman–Crippen MR) is 103 cm³/mol. The zero-order valence-electron chi connectivity index (χ0n) is 15.4. The first kappa shape index (κ1) is 19.0. The summed E-state index contributed by atoms with van der Waals surface area (Å²) in [7, 11) is -1.95. The van der Waals surface area contributed by atoms with E-state index in [1.54, 1.807) is 25.1 Å². The number of hydrogen-bond donors (Lipinski definition) is 1. The molecular weight excluding hydrogens is 368 g/mol. The summed E-state index contributed by atoms with van der Waals surface area (Å²) >= 11 is 0. The molecule has 2 aromatic carbocycles. The van der Waals surface area contributed by atoms with Crippen LogP contribution in [0.3, 0.4) is 0 Å². The van der Waals surface area contributed by atoms with Gasteiger partial charge < -0.3 is 14.8 Å². The molecule has 0 saturated heterocycles. The smallest absolute Gasteiger partial charge is 0.251 e. The molecule has 1 heterocycles. The van der Waals surface area contributed by atoms with Crippen molar-refractivity contribution in [3.05, 3.63) is 53.6 Å². The summed E-state index contributed by atoms with van der Waals surface area (Å²) < 4.78 is 36.2. The summed E-state index contributed by atoms with van der Waals surface area (Å²) in [6.07, 6.45) is 0.822. The van der Waals surface area contributed by atoms with Crippen LogP contribution in [-0.2, 0) is 10.0 Å². The number of para-hydroxylation sites is 2. The molecule has 1 amide bonds. The van der Waals surface area contributed by atoms with Gasteiger partial charge in [-0.2, -0.15) is 0 Å². The number of nitrogens with one attached hydrogen (secondary N) is 1. The van der Waals surface area contributed by atoms with Crippen LogP contribution in [0.25, 0.3) is 0 Å². The molecule has 0 fully saturated rings. The van der Waals surface area contributed by atoms with E-state index in [2.05, 4.69) is 5.32 Å². The van der Waals surface area contributed by atoms with Crippen LogP contribution < -0.4 is 19.1 Å². The Morgan fingerprint density at radius 1 is 1.19 bits per heavy atom. The van der Waals surface area contributed by atoms with Crippen molar-refractivity contribution in [2.45, 2.75) is 13.0 Å². The normalized spacial score (nSPS) is 15.9. The molecule has 1 atom stereocenters. The van der Waals surface area contributed by atoms with Crippen LogP contribution in [0.1, 0.15) is 15.9 Å². The van der Waals surface area contributed by atoms with Gasteiger partial charge in [-0.25, -0.2) is 8.42 Å². The summed E-state index contributed by atoms with van der Waals surface area (Å²) in [5.41, 5.74) is 1.48. The highest BCUT2D eigenvalue weighted by Gasteiger charge is 2.23. The van der Waals surface area contributed by atoms with Crippen molar-refractivity contribution < 1.29 is 22.7 Å². The monoisotopic (exact) mass is 390 g/mol. The number of anilines is 1. The molecule has 0 bridgehead atoms. The second-order valence-electron chi connectivity index (χ2n) is 6.39. The number of nitrogens with zero attached hydrogens (tertiary/aromatic N) is 1. The van der Waals surface area contributed by atoms with Gasteiger partial charge in [0.25, 0.3) is 5.91 Å². The Kier molecular flexibility index (Phi) is 5.27. The number of carbonyl (C=O) groups is 1. The fraction of sp³-hybridized carbons (Fsp3) is 0.316. The number of hydrogen-bond acceptors (Lipinski definition) is 5. The Morgan fingerprint density at radius 3 is 2.59 bits per heavy atom. The highest BCUT2D eigenvalue weighted by Crippen LogP contribution is 2.30. The maximum atomic E-state index is 12.6. The number of amides is 1. The van der Waals surface area contributed by atoms with E-state index in [0.717, 1.165) is 10.6 Å². The van der Waals surface area contributed by atoms with E-state index in [0.29, 0.717) is 34.9 Å². The molecule has 1 N–H and O–H groups in total. The van der Waals surface area contributed by atoms with Gasteiger partial charge in [0, 0.05) is 12.6 Å². The molecule has 0 radical (unpaired) electrons. The van der Waals surface area contributed by atoms with Gasteiger partial charge in [0.15, 0.2) is 11.5 Å². The lowest BCUT2D eigenvalue weighted by Gasteiger charge is -2.26. The van der Waals surface area contributed by atoms with E-state index in [-0.39, 0.29) is 18.6 Å². The standard InChI is InChI=1S/C19H22N2O5S/c1-13-15(7-6-8-16(13)21(2)27(3,23)24)19(22)20-11-14-12-25-17-9-4-5-10-18(17)26-14/h4-10,14H,11-12H2,1-3H3,(H,20,22)/t14-/m1/s1. The van der Waals surface area contributed by atoms with Crippen molar-refractivity contribution in [1.82, 2.24) is 5.32 Å². The first-order valence-corrected chi connectivity index (χ1v) is 10.3. The molecule has 0 saturated carbocycles. The molecule has 8 heteroatoms. The first-order chi connectivity index (χ1) is 12.8. The summed E-state index contributed by atoms with van der Waals surface area (Å²) in [5, 5.41) is 2.83. The quantitative estimate of drug-likeness (QED) is 0.844. The zero-order valence-corrected chi connectivity index (χ0v) is 16.2. The van der Waals surface area contributed by atoms with Gasteiger partial charge >= 0.3 is 0 Å². The van der Waals surface area contributed by atoms with Crippen LogP contribution in [0, 0.1) is 6.92 Å². The molecule has 0 spiro atoms. The molecule has 3 rings (SSSR count). The molecule has 0 unspecified atom stereocenters. The summed E-state index contributed by atoms with van der Waals surface area (Å²) in [5.74, 6) is 1.04. The van der Waals surface area contributed by atoms with Gasteiger partial charge in [0.05, 0.1) is 18.5 Å². The highest BCUT2D eigenvalue weighted by atomic mass is 32.2. The minimum Gasteiger partial charge on any atom is -0.486 e. The van der Waals surface area contributed by atoms with E-state index in [4.69, 9.17) is 9.47 Å². The van der Waals surface area contributed by atoms with Gasteiger partial charge in [0.1, 0.15) is 12.7 Å². The van der Waals surface area contributed by atoms with Crippen molar-refractivity contribution in [3.8, 4) is 11.5 Å². The average Bonchev–Trinajstić information content (AvgIpc) is 2.65. The van der Waals surface area contributed by atoms with Crippen molar-refractivity contribution in [2.24, 2.45) is 0 Å². The van der Waals surface area contributed by atoms with Crippen molar-refractivity contribution in [3.63, 3.8) is 0 Å². The molecule has 1 aliphatic heterocycles.